The molecule has 0 aliphatic rings. The maximum atomic E-state index is 11.6. The molecule has 0 aliphatic heterocycles. The highest BCUT2D eigenvalue weighted by Crippen LogP contribution is 2.20. The Labute approximate surface area is 116 Å². The van der Waals surface area contributed by atoms with Gasteiger partial charge >= 0.3 is 5.97 Å². The van der Waals surface area contributed by atoms with Crippen LogP contribution in [0, 0.1) is 0 Å². The molecule has 6 nitrogen and oxygen atoms in total. The molecule has 0 bridgehead atoms. The van der Waals surface area contributed by atoms with Crippen molar-refractivity contribution in [2.45, 2.75) is 5.03 Å². The molecule has 0 amide bonds. The van der Waals surface area contributed by atoms with E-state index in [-0.39, 0.29) is 29.4 Å². The van der Waals surface area contributed by atoms with E-state index in [2.05, 4.69) is 4.98 Å². The van der Waals surface area contributed by atoms with Gasteiger partial charge in [-0.25, -0.2) is 18.2 Å². The molecule has 0 unspecified atom stereocenters. The first kappa shape index (κ1) is 15.9. The zero-order valence-electron chi connectivity index (χ0n) is 10.4. The van der Waals surface area contributed by atoms with Crippen molar-refractivity contribution < 1.29 is 23.1 Å². The predicted octanol–water partition coefficient (Wildman–Crippen LogP) is 0.933. The maximum absolute atomic E-state index is 11.6. The van der Waals surface area contributed by atoms with Gasteiger partial charge in [-0.2, -0.15) is 0 Å². The van der Waals surface area contributed by atoms with Crippen molar-refractivity contribution in [2.24, 2.45) is 0 Å². The van der Waals surface area contributed by atoms with E-state index in [1.807, 2.05) is 0 Å². The van der Waals surface area contributed by atoms with Gasteiger partial charge in [0.05, 0.1) is 23.7 Å². The Morgan fingerprint density at radius 3 is 2.84 bits per heavy atom. The van der Waals surface area contributed by atoms with Gasteiger partial charge in [0.15, 0.2) is 9.84 Å². The minimum Gasteiger partial charge on any atom is -0.478 e. The first-order valence-electron chi connectivity index (χ1n) is 5.47. The highest BCUT2D eigenvalue weighted by molar-refractivity contribution is 8.00. The van der Waals surface area contributed by atoms with Gasteiger partial charge in [0.1, 0.15) is 5.03 Å². The molecule has 1 aromatic heterocycles. The molecule has 0 atom stereocenters. The largest absolute Gasteiger partial charge is 0.478 e. The topological polar surface area (TPSA) is 93.6 Å². The highest BCUT2D eigenvalue weighted by Gasteiger charge is 2.14. The second kappa shape index (κ2) is 7.46. The number of aromatic nitrogens is 1. The third-order valence-electron chi connectivity index (χ3n) is 2.23. The van der Waals surface area contributed by atoms with Crippen LogP contribution in [0.2, 0.25) is 0 Å². The Morgan fingerprint density at radius 2 is 2.21 bits per heavy atom. The van der Waals surface area contributed by atoms with Crippen LogP contribution in [0.25, 0.3) is 0 Å². The van der Waals surface area contributed by atoms with Gasteiger partial charge in [0.25, 0.3) is 0 Å². The molecule has 106 valence electrons. The van der Waals surface area contributed by atoms with E-state index in [0.717, 1.165) is 11.8 Å². The lowest BCUT2D eigenvalue weighted by molar-refractivity contribution is 0.0692. The molecule has 1 rings (SSSR count). The second-order valence-corrected chi connectivity index (χ2v) is 7.04. The van der Waals surface area contributed by atoms with E-state index >= 15 is 0 Å². The number of aromatic carboxylic acids is 1. The molecular formula is C11H15NO5S2. The number of ether oxygens (including phenoxy) is 1. The number of pyridine rings is 1. The number of hydrogen-bond donors (Lipinski definition) is 1. The summed E-state index contributed by atoms with van der Waals surface area (Å²) in [5, 5.41) is 9.28. The molecule has 1 N–H and O–H groups in total. The van der Waals surface area contributed by atoms with E-state index in [1.54, 1.807) is 0 Å². The molecule has 8 heteroatoms. The maximum Gasteiger partial charge on any atom is 0.338 e. The van der Waals surface area contributed by atoms with E-state index in [9.17, 15) is 13.2 Å². The first-order valence-corrected chi connectivity index (χ1v) is 8.27. The molecule has 1 heterocycles. The van der Waals surface area contributed by atoms with Crippen molar-refractivity contribution in [2.75, 3.05) is 31.0 Å². The number of sulfone groups is 1. The summed E-state index contributed by atoms with van der Waals surface area (Å²) in [4.78, 5) is 14.9. The number of hydrogen-bond acceptors (Lipinski definition) is 6. The number of methoxy groups -OCH3 is 1. The number of nitrogens with zero attached hydrogens (tertiary/aromatic N) is 1. The quantitative estimate of drug-likeness (QED) is 0.714. The fraction of sp³-hybridized carbons (Fsp3) is 0.455. The van der Waals surface area contributed by atoms with Crippen LogP contribution >= 0.6 is 11.8 Å². The summed E-state index contributed by atoms with van der Waals surface area (Å²) in [6, 6.07) is 2.97. The van der Waals surface area contributed by atoms with Gasteiger partial charge in [0, 0.05) is 19.1 Å². The van der Waals surface area contributed by atoms with Crippen LogP contribution in [-0.4, -0.2) is 55.5 Å². The lowest BCUT2D eigenvalue weighted by atomic mass is 10.3. The summed E-state index contributed by atoms with van der Waals surface area (Å²) in [7, 11) is -1.73. The summed E-state index contributed by atoms with van der Waals surface area (Å²) in [6.07, 6.45) is 1.48. The van der Waals surface area contributed by atoms with Crippen molar-refractivity contribution in [3.8, 4) is 0 Å². The van der Waals surface area contributed by atoms with Crippen LogP contribution in [0.15, 0.2) is 23.4 Å². The fourth-order valence-corrected chi connectivity index (χ4v) is 3.86. The number of carboxylic acids is 1. The van der Waals surface area contributed by atoms with Crippen LogP contribution in [0.3, 0.4) is 0 Å². The fourth-order valence-electron chi connectivity index (χ4n) is 1.25. The van der Waals surface area contributed by atoms with Gasteiger partial charge in [-0.1, -0.05) is 0 Å². The zero-order valence-corrected chi connectivity index (χ0v) is 12.0. The van der Waals surface area contributed by atoms with Gasteiger partial charge in [-0.3, -0.25) is 0 Å². The lowest BCUT2D eigenvalue weighted by Gasteiger charge is -2.05. The Morgan fingerprint density at radius 1 is 1.47 bits per heavy atom. The third kappa shape index (κ3) is 5.58. The zero-order chi connectivity index (χ0) is 14.3. The van der Waals surface area contributed by atoms with Crippen LogP contribution < -0.4 is 0 Å². The normalized spacial score (nSPS) is 11.4. The number of carboxylic acid groups (broad SMARTS) is 1. The van der Waals surface area contributed by atoms with Gasteiger partial charge in [-0.15, -0.1) is 11.8 Å². The van der Waals surface area contributed by atoms with E-state index in [1.165, 1.54) is 25.4 Å². The van der Waals surface area contributed by atoms with Crippen molar-refractivity contribution >= 4 is 27.6 Å². The molecule has 0 fully saturated rings. The number of thioether (sulfide) groups is 1. The third-order valence-corrected chi connectivity index (χ3v) is 5.11. The number of rotatable bonds is 8. The highest BCUT2D eigenvalue weighted by atomic mass is 32.2. The Hall–Kier alpha value is -1.12. The molecular weight excluding hydrogens is 290 g/mol. The molecule has 19 heavy (non-hydrogen) atoms. The smallest absolute Gasteiger partial charge is 0.338 e. The molecule has 0 aliphatic carbocycles. The Kier molecular flexibility index (Phi) is 6.26. The van der Waals surface area contributed by atoms with Crippen LogP contribution in [0.4, 0.5) is 0 Å². The van der Waals surface area contributed by atoms with Crippen LogP contribution in [0.1, 0.15) is 10.4 Å². The molecule has 0 aromatic carbocycles. The molecule has 0 saturated carbocycles. The lowest BCUT2D eigenvalue weighted by Crippen LogP contribution is -2.16. The minimum absolute atomic E-state index is 0.0297. The van der Waals surface area contributed by atoms with Gasteiger partial charge in [0.2, 0.25) is 0 Å². The summed E-state index contributed by atoms with van der Waals surface area (Å²) in [6.45, 7) is 0.164. The van der Waals surface area contributed by atoms with Crippen molar-refractivity contribution in [3.63, 3.8) is 0 Å². The van der Waals surface area contributed by atoms with Crippen molar-refractivity contribution in [3.05, 3.63) is 23.9 Å². The van der Waals surface area contributed by atoms with Crippen molar-refractivity contribution in [1.82, 2.24) is 4.98 Å². The van der Waals surface area contributed by atoms with E-state index in [0.29, 0.717) is 5.03 Å². The first-order chi connectivity index (χ1) is 8.96. The van der Waals surface area contributed by atoms with Crippen LogP contribution in [0.5, 0.6) is 0 Å². The van der Waals surface area contributed by atoms with E-state index in [4.69, 9.17) is 9.84 Å². The summed E-state index contributed by atoms with van der Waals surface area (Å²) in [5.41, 5.74) is 0.0850. The summed E-state index contributed by atoms with van der Waals surface area (Å²) in [5.74, 6) is -0.865. The molecule has 1 aromatic rings. The Balaban J connectivity index is 2.56. The van der Waals surface area contributed by atoms with Crippen molar-refractivity contribution in [1.29, 1.82) is 0 Å². The second-order valence-electron chi connectivity index (χ2n) is 3.65. The summed E-state index contributed by atoms with van der Waals surface area (Å²) < 4.78 is 27.9. The monoisotopic (exact) mass is 305 g/mol. The average molecular weight is 305 g/mol. The predicted molar refractivity (Wildman–Crippen MR) is 72.5 cm³/mol. The summed E-state index contributed by atoms with van der Waals surface area (Å²) >= 11 is 1.12. The van der Waals surface area contributed by atoms with Gasteiger partial charge in [-0.05, 0) is 12.1 Å². The molecule has 0 saturated heterocycles. The number of carbonyl (C=O) groups is 1. The standard InChI is InChI=1S/C11H15NO5S2/c1-17-5-7-19(15,16)8-6-18-10-9(11(13)14)3-2-4-12-10/h2-4H,5-8H2,1H3,(H,13,14). The minimum atomic E-state index is -3.17. The average Bonchev–Trinajstić information content (AvgIpc) is 2.36. The SMILES string of the molecule is COCCS(=O)(=O)CCSc1ncccc1C(=O)O. The molecule has 0 spiro atoms. The molecule has 0 radical (unpaired) electrons. The Bertz CT molecular complexity index is 530. The van der Waals surface area contributed by atoms with Crippen LogP contribution in [-0.2, 0) is 14.6 Å². The van der Waals surface area contributed by atoms with Gasteiger partial charge < -0.3 is 9.84 Å². The van der Waals surface area contributed by atoms with E-state index < -0.39 is 15.8 Å².